The normalized spacial score (nSPS) is 18.8. The maximum atomic E-state index is 3.86. The second-order valence-corrected chi connectivity index (χ2v) is 53.3. The number of benzene rings is 1. The van der Waals surface area contributed by atoms with Crippen LogP contribution in [0.3, 0.4) is 0 Å². The summed E-state index contributed by atoms with van der Waals surface area (Å²) < 4.78 is 3.22. The number of para-hydroxylation sites is 1. The van der Waals surface area contributed by atoms with Gasteiger partial charge < -0.3 is 0 Å². The Balaban J connectivity index is 0.00000144. The molecular formula is C19H32Cl2NSiTi. The Labute approximate surface area is 155 Å². The molecule has 1 N–H and O–H groups in total. The Hall–Kier alpha value is -0.249. The Morgan fingerprint density at radius 3 is 2.12 bits per heavy atom. The minimum atomic E-state index is -4.00. The van der Waals surface area contributed by atoms with E-state index in [1.54, 1.807) is 3.88 Å². The van der Waals surface area contributed by atoms with Gasteiger partial charge in [0.25, 0.3) is 0 Å². The quantitative estimate of drug-likeness (QED) is 0.551. The Bertz CT molecular complexity index is 831. The molecule has 1 aromatic carbocycles. The molecule has 3 rings (SSSR count). The Kier molecular flexibility index (Phi) is 4.67. The maximum absolute atomic E-state index is 4.00. The molecule has 2 aromatic rings. The molecule has 1 aromatic heterocycles. The van der Waals surface area contributed by atoms with Gasteiger partial charge in [-0.15, -0.1) is 24.8 Å². The minimum Gasteiger partial charge on any atom is -0.147 e. The van der Waals surface area contributed by atoms with Crippen LogP contribution < -0.4 is 4.00 Å². The van der Waals surface area contributed by atoms with Crippen molar-refractivity contribution >= 4 is 46.4 Å². The van der Waals surface area contributed by atoms with E-state index >= 15 is 0 Å². The predicted molar refractivity (Wildman–Crippen MR) is 117 cm³/mol. The van der Waals surface area contributed by atoms with Gasteiger partial charge in [0.1, 0.15) is 0 Å². The van der Waals surface area contributed by atoms with Crippen LogP contribution in [0.4, 0.5) is 0 Å². The van der Waals surface area contributed by atoms with Crippen LogP contribution in [0.25, 0.3) is 10.9 Å². The fourth-order valence-electron chi connectivity index (χ4n) is 4.00. The maximum Gasteiger partial charge on any atom is -0.147 e. The summed E-state index contributed by atoms with van der Waals surface area (Å²) in [6.45, 7) is 4.07. The van der Waals surface area contributed by atoms with E-state index in [0.29, 0.717) is 0 Å². The number of H-pyrrole nitrogens is 1. The first-order chi connectivity index (χ1) is 9.92. The van der Waals surface area contributed by atoms with E-state index in [4.69, 9.17) is 0 Å². The molecular weight excluding hydrogens is 389 g/mol. The molecule has 1 aliphatic carbocycles. The summed E-state index contributed by atoms with van der Waals surface area (Å²) in [6.07, 6.45) is 8.14. The van der Waals surface area contributed by atoms with Gasteiger partial charge in [0.05, 0.1) is 0 Å². The van der Waals surface area contributed by atoms with Gasteiger partial charge in [-0.1, -0.05) is 0 Å². The summed E-state index contributed by atoms with van der Waals surface area (Å²) in [5.74, 6) is 0. The fraction of sp³-hybridized carbons (Fsp3) is 0.368. The largest absolute Gasteiger partial charge is 0.147 e. The molecule has 135 valence electrons. The van der Waals surface area contributed by atoms with Crippen molar-refractivity contribution in [2.45, 2.75) is 40.4 Å². The Morgan fingerprint density at radius 1 is 1.00 bits per heavy atom. The molecule has 0 saturated heterocycles. The van der Waals surface area contributed by atoms with Crippen molar-refractivity contribution in [1.29, 1.82) is 0 Å². The molecule has 0 bridgehead atoms. The van der Waals surface area contributed by atoms with Crippen molar-refractivity contribution in [3.63, 3.8) is 0 Å². The van der Waals surface area contributed by atoms with Gasteiger partial charge >= 0.3 is 131 Å². The zero-order chi connectivity index (χ0) is 16.3. The molecule has 1 heterocycles. The first kappa shape index (κ1) is 21.8. The second-order valence-electron chi connectivity index (χ2n) is 11.3. The van der Waals surface area contributed by atoms with Crippen molar-refractivity contribution < 1.29 is 12.0 Å². The van der Waals surface area contributed by atoms with Gasteiger partial charge in [0.2, 0.25) is 0 Å². The summed E-state index contributed by atoms with van der Waals surface area (Å²) in [5, 5.41) is 12.0. The number of rotatable bonds is 3. The number of nitrogens with one attached hydrogen (secondary N) is 1. The molecule has 24 heavy (non-hydrogen) atoms. The van der Waals surface area contributed by atoms with Gasteiger partial charge in [0.15, 0.2) is 0 Å². The average Bonchev–Trinajstić information content (AvgIpc) is 3.09. The SMILES string of the molecule is C[SiH](C)[Ti]([CH3])([CH3])([CH3])([CH3])([C]1=CC=CC1)[c]1cc2ccccc2[nH]1.Cl.Cl. The van der Waals surface area contributed by atoms with Crippen LogP contribution >= 0.6 is 24.8 Å². The molecule has 1 nitrogen and oxygen atoms in total. The summed E-state index contributed by atoms with van der Waals surface area (Å²) >= 11 is -4.00. The summed E-state index contributed by atoms with van der Waals surface area (Å²) in [5.41, 5.74) is 1.27. The van der Waals surface area contributed by atoms with Crippen molar-refractivity contribution in [2.24, 2.45) is 0 Å². The van der Waals surface area contributed by atoms with E-state index in [2.05, 4.69) is 87.6 Å². The standard InChI is InChI=1S/C8H6N.C5H5.C2H7Si.4CH3.2ClH.Ti/c1-2-4-8-7(3-1)5-6-9-8;1-2-4-5-3-1;1-3-2;;;;;;;/h1-5,9H;1-3H,4H2;3H,1-2H3;4*1H3;2*1H;. The first-order valence-electron chi connectivity index (χ1n) is 8.57. The molecule has 0 atom stereocenters. The molecule has 0 amide bonds. The average molecular weight is 421 g/mol. The van der Waals surface area contributed by atoms with E-state index in [9.17, 15) is 0 Å². The number of hydrogen-bond donors (Lipinski definition) is 1. The van der Waals surface area contributed by atoms with Crippen LogP contribution in [0.5, 0.6) is 0 Å². The van der Waals surface area contributed by atoms with Crippen molar-refractivity contribution in [2.75, 3.05) is 0 Å². The number of allylic oxidation sites excluding steroid dienone is 4. The second kappa shape index (κ2) is 5.14. The predicted octanol–water partition coefficient (Wildman–Crippen LogP) is 6.42. The van der Waals surface area contributed by atoms with E-state index in [-0.39, 0.29) is 24.8 Å². The van der Waals surface area contributed by atoms with E-state index in [1.165, 1.54) is 14.9 Å². The van der Waals surface area contributed by atoms with Gasteiger partial charge in [-0.3, -0.25) is 0 Å². The number of aromatic amines is 1. The molecule has 0 aliphatic heterocycles. The molecule has 0 radical (unpaired) electrons. The van der Waals surface area contributed by atoms with Gasteiger partial charge in [0, 0.05) is 0 Å². The van der Waals surface area contributed by atoms with Crippen LogP contribution in [0, 0.1) is 0 Å². The fourth-order valence-corrected chi connectivity index (χ4v) is 19.7. The topological polar surface area (TPSA) is 15.8 Å². The first-order valence-corrected chi connectivity index (χ1v) is 22.0. The molecule has 1 aliphatic rings. The third-order valence-corrected chi connectivity index (χ3v) is 54.2. The third kappa shape index (κ3) is 2.46. The molecule has 0 unspecified atom stereocenters. The van der Waals surface area contributed by atoms with Gasteiger partial charge in [-0.25, -0.2) is 0 Å². The number of fused-ring (bicyclic) bond motifs is 1. The van der Waals surface area contributed by atoms with Gasteiger partial charge in [-0.2, -0.15) is 0 Å². The summed E-state index contributed by atoms with van der Waals surface area (Å²) in [7, 11) is 0. The van der Waals surface area contributed by atoms with Crippen LogP contribution in [0.2, 0.25) is 34.0 Å². The monoisotopic (exact) mass is 420 g/mol. The van der Waals surface area contributed by atoms with Crippen LogP contribution in [0.1, 0.15) is 6.42 Å². The van der Waals surface area contributed by atoms with Crippen LogP contribution in [-0.4, -0.2) is 11.6 Å². The number of halogens is 2. The summed E-state index contributed by atoms with van der Waals surface area (Å²) in [4.78, 5) is 3.86. The van der Waals surface area contributed by atoms with E-state index in [0.717, 1.165) is 6.42 Å². The van der Waals surface area contributed by atoms with Crippen LogP contribution in [0.15, 0.2) is 52.4 Å². The van der Waals surface area contributed by atoms with E-state index in [1.807, 2.05) is 0 Å². The molecule has 0 spiro atoms. The van der Waals surface area contributed by atoms with Crippen molar-refractivity contribution in [3.8, 4) is 0 Å². The molecule has 0 saturated carbocycles. The summed E-state index contributed by atoms with van der Waals surface area (Å²) in [6, 6.07) is 11.2. The number of hydrogen-bond acceptors (Lipinski definition) is 0. The van der Waals surface area contributed by atoms with Gasteiger partial charge in [-0.05, 0) is 0 Å². The van der Waals surface area contributed by atoms with Crippen molar-refractivity contribution in [1.82, 2.24) is 4.98 Å². The molecule has 5 heteroatoms. The van der Waals surface area contributed by atoms with Crippen LogP contribution in [-0.2, 0) is 12.0 Å². The minimum absolute atomic E-state index is 0. The third-order valence-electron chi connectivity index (χ3n) is 8.19. The number of aromatic nitrogens is 1. The zero-order valence-corrected chi connectivity index (χ0v) is 20.1. The van der Waals surface area contributed by atoms with Crippen molar-refractivity contribution in [3.05, 3.63) is 52.4 Å². The zero-order valence-electron chi connectivity index (χ0n) is 15.7. The molecule has 0 fully saturated rings. The smallest absolute Gasteiger partial charge is 0.147 e. The van der Waals surface area contributed by atoms with E-state index < -0.39 is 18.7 Å². The Morgan fingerprint density at radius 2 is 1.62 bits per heavy atom.